The summed E-state index contributed by atoms with van der Waals surface area (Å²) in [6.07, 6.45) is 0. The van der Waals surface area contributed by atoms with Gasteiger partial charge in [-0.1, -0.05) is 38.1 Å². The summed E-state index contributed by atoms with van der Waals surface area (Å²) in [7, 11) is 1.55. The van der Waals surface area contributed by atoms with Crippen LogP contribution >= 0.6 is 0 Å². The average Bonchev–Trinajstić information content (AvgIpc) is 2.60. The molecule has 4 heteroatoms. The summed E-state index contributed by atoms with van der Waals surface area (Å²) in [4.78, 5) is 11.9. The van der Waals surface area contributed by atoms with Crippen molar-refractivity contribution in [1.82, 2.24) is 0 Å². The minimum atomic E-state index is -0.370. The van der Waals surface area contributed by atoms with Crippen LogP contribution in [0.3, 0.4) is 0 Å². The molecular weight excluding hydrogens is 302 g/mol. The van der Waals surface area contributed by atoms with Gasteiger partial charge in [0.15, 0.2) is 0 Å². The van der Waals surface area contributed by atoms with E-state index in [2.05, 4.69) is 43.4 Å². The summed E-state index contributed by atoms with van der Waals surface area (Å²) in [5.41, 5.74) is 3.87. The van der Waals surface area contributed by atoms with Gasteiger partial charge >= 0.3 is 5.97 Å². The lowest BCUT2D eigenvalue weighted by molar-refractivity contribution is 0.0523. The summed E-state index contributed by atoms with van der Waals surface area (Å²) in [6, 6.07) is 14.0. The molecule has 0 aliphatic heterocycles. The molecule has 4 nitrogen and oxygen atoms in total. The number of carbonyl (C=O) groups is 1. The molecule has 0 heterocycles. The van der Waals surface area contributed by atoms with Gasteiger partial charge in [-0.15, -0.1) is 0 Å². The lowest BCUT2D eigenvalue weighted by atomic mass is 10.0. The van der Waals surface area contributed by atoms with Gasteiger partial charge in [0.1, 0.15) is 11.3 Å². The van der Waals surface area contributed by atoms with Crippen LogP contribution in [0.4, 0.5) is 5.69 Å². The number of esters is 1. The molecule has 0 bridgehead atoms. The van der Waals surface area contributed by atoms with Crippen LogP contribution in [0.15, 0.2) is 42.5 Å². The second-order valence-electron chi connectivity index (χ2n) is 5.89. The lowest BCUT2D eigenvalue weighted by Crippen LogP contribution is -2.07. The normalized spacial score (nSPS) is 10.5. The Bertz CT molecular complexity index is 678. The quantitative estimate of drug-likeness (QED) is 0.755. The van der Waals surface area contributed by atoms with Gasteiger partial charge in [-0.25, -0.2) is 4.79 Å². The van der Waals surface area contributed by atoms with Crippen molar-refractivity contribution >= 4 is 11.7 Å². The van der Waals surface area contributed by atoms with Crippen LogP contribution < -0.4 is 10.1 Å². The zero-order valence-corrected chi connectivity index (χ0v) is 14.8. The monoisotopic (exact) mass is 327 g/mol. The zero-order chi connectivity index (χ0) is 17.5. The van der Waals surface area contributed by atoms with Gasteiger partial charge in [-0.05, 0) is 36.1 Å². The Morgan fingerprint density at radius 3 is 2.42 bits per heavy atom. The molecule has 0 amide bonds. The van der Waals surface area contributed by atoms with Crippen molar-refractivity contribution in [1.29, 1.82) is 0 Å². The molecule has 0 aliphatic carbocycles. The van der Waals surface area contributed by atoms with E-state index in [1.807, 2.05) is 12.1 Å². The molecule has 0 aliphatic rings. The number of hydrogen-bond donors (Lipinski definition) is 1. The van der Waals surface area contributed by atoms with E-state index >= 15 is 0 Å². The number of benzene rings is 2. The molecule has 0 atom stereocenters. The van der Waals surface area contributed by atoms with E-state index in [-0.39, 0.29) is 5.97 Å². The van der Waals surface area contributed by atoms with E-state index in [1.54, 1.807) is 20.1 Å². The maximum absolute atomic E-state index is 11.9. The molecule has 128 valence electrons. The molecule has 0 saturated heterocycles. The third-order valence-corrected chi connectivity index (χ3v) is 3.84. The molecule has 2 aromatic carbocycles. The summed E-state index contributed by atoms with van der Waals surface area (Å²) in [6.45, 7) is 7.20. The van der Waals surface area contributed by atoms with Crippen LogP contribution in [0.2, 0.25) is 0 Å². The predicted molar refractivity (Wildman–Crippen MR) is 96.8 cm³/mol. The highest BCUT2D eigenvalue weighted by Crippen LogP contribution is 2.24. The third-order valence-electron chi connectivity index (χ3n) is 3.84. The molecule has 2 rings (SSSR count). The van der Waals surface area contributed by atoms with Gasteiger partial charge in [-0.3, -0.25) is 0 Å². The first-order valence-electron chi connectivity index (χ1n) is 8.23. The number of carbonyl (C=O) groups excluding carboxylic acids is 1. The lowest BCUT2D eigenvalue weighted by Gasteiger charge is -2.12. The van der Waals surface area contributed by atoms with Gasteiger partial charge in [0.05, 0.1) is 13.7 Å². The van der Waals surface area contributed by atoms with Crippen LogP contribution in [0.25, 0.3) is 0 Å². The van der Waals surface area contributed by atoms with E-state index in [0.717, 1.165) is 5.69 Å². The van der Waals surface area contributed by atoms with Crippen molar-refractivity contribution in [3.8, 4) is 5.75 Å². The molecular formula is C20H25NO3. The molecule has 24 heavy (non-hydrogen) atoms. The first-order chi connectivity index (χ1) is 11.5. The van der Waals surface area contributed by atoms with E-state index in [9.17, 15) is 4.79 Å². The van der Waals surface area contributed by atoms with E-state index in [0.29, 0.717) is 30.4 Å². The van der Waals surface area contributed by atoms with Gasteiger partial charge in [0.2, 0.25) is 0 Å². The largest absolute Gasteiger partial charge is 0.496 e. The van der Waals surface area contributed by atoms with Crippen molar-refractivity contribution < 1.29 is 14.3 Å². The molecule has 1 N–H and O–H groups in total. The summed E-state index contributed by atoms with van der Waals surface area (Å²) < 4.78 is 10.3. The topological polar surface area (TPSA) is 47.6 Å². The maximum atomic E-state index is 11.9. The number of anilines is 1. The van der Waals surface area contributed by atoms with Gasteiger partial charge in [0, 0.05) is 18.3 Å². The van der Waals surface area contributed by atoms with Crippen LogP contribution in [0.5, 0.6) is 5.75 Å². The number of ether oxygens (including phenoxy) is 2. The van der Waals surface area contributed by atoms with Crippen molar-refractivity contribution in [2.45, 2.75) is 33.2 Å². The van der Waals surface area contributed by atoms with Crippen LogP contribution in [-0.2, 0) is 11.3 Å². The third kappa shape index (κ3) is 4.51. The molecule has 0 spiro atoms. The highest BCUT2D eigenvalue weighted by molar-refractivity contribution is 5.93. The summed E-state index contributed by atoms with van der Waals surface area (Å²) >= 11 is 0. The number of methoxy groups -OCH3 is 1. The predicted octanol–water partition coefficient (Wildman–Crippen LogP) is 4.61. The highest BCUT2D eigenvalue weighted by atomic mass is 16.5. The fraction of sp³-hybridized carbons (Fsp3) is 0.350. The zero-order valence-electron chi connectivity index (χ0n) is 14.8. The second-order valence-corrected chi connectivity index (χ2v) is 5.89. The number of rotatable bonds is 7. The Balaban J connectivity index is 2.06. The van der Waals surface area contributed by atoms with Gasteiger partial charge in [0.25, 0.3) is 0 Å². The van der Waals surface area contributed by atoms with Crippen molar-refractivity contribution in [2.24, 2.45) is 0 Å². The van der Waals surface area contributed by atoms with E-state index < -0.39 is 0 Å². The minimum Gasteiger partial charge on any atom is -0.496 e. The Morgan fingerprint density at radius 1 is 1.12 bits per heavy atom. The molecule has 0 radical (unpaired) electrons. The minimum absolute atomic E-state index is 0.342. The van der Waals surface area contributed by atoms with E-state index in [4.69, 9.17) is 9.47 Å². The van der Waals surface area contributed by atoms with E-state index in [1.165, 1.54) is 11.1 Å². The fourth-order valence-electron chi connectivity index (χ4n) is 2.40. The van der Waals surface area contributed by atoms with Gasteiger partial charge < -0.3 is 14.8 Å². The number of hydrogen-bond acceptors (Lipinski definition) is 4. The van der Waals surface area contributed by atoms with Crippen LogP contribution in [0, 0.1) is 0 Å². The molecule has 0 unspecified atom stereocenters. The molecule has 0 fully saturated rings. The fourth-order valence-corrected chi connectivity index (χ4v) is 2.40. The smallest absolute Gasteiger partial charge is 0.341 e. The van der Waals surface area contributed by atoms with Crippen molar-refractivity contribution in [3.63, 3.8) is 0 Å². The first kappa shape index (κ1) is 17.9. The SMILES string of the molecule is CCOC(=O)c1ccc(NCc2ccc(C(C)C)cc2)cc1OC. The highest BCUT2D eigenvalue weighted by Gasteiger charge is 2.13. The van der Waals surface area contributed by atoms with Gasteiger partial charge in [-0.2, -0.15) is 0 Å². The second kappa shape index (κ2) is 8.39. The molecule has 2 aromatic rings. The summed E-state index contributed by atoms with van der Waals surface area (Å²) in [5.74, 6) is 0.672. The Morgan fingerprint density at radius 2 is 1.83 bits per heavy atom. The average molecular weight is 327 g/mol. The Kier molecular flexibility index (Phi) is 6.24. The molecule has 0 saturated carbocycles. The van der Waals surface area contributed by atoms with Crippen molar-refractivity contribution in [3.05, 3.63) is 59.2 Å². The first-order valence-corrected chi connectivity index (χ1v) is 8.23. The van der Waals surface area contributed by atoms with Crippen LogP contribution in [0.1, 0.15) is 48.2 Å². The number of nitrogens with one attached hydrogen (secondary N) is 1. The maximum Gasteiger partial charge on any atom is 0.341 e. The summed E-state index contributed by atoms with van der Waals surface area (Å²) in [5, 5.41) is 3.35. The Hall–Kier alpha value is -2.49. The van der Waals surface area contributed by atoms with Crippen LogP contribution in [-0.4, -0.2) is 19.7 Å². The standard InChI is InChI=1S/C20H25NO3/c1-5-24-20(22)18-11-10-17(12-19(18)23-4)21-13-15-6-8-16(9-7-15)14(2)3/h6-12,14,21H,5,13H2,1-4H3. The molecule has 0 aromatic heterocycles. The Labute approximate surface area is 143 Å². The van der Waals surface area contributed by atoms with Crippen molar-refractivity contribution in [2.75, 3.05) is 19.0 Å².